The van der Waals surface area contributed by atoms with Crippen molar-refractivity contribution >= 4 is 0 Å². The Morgan fingerprint density at radius 1 is 1.00 bits per heavy atom. The third-order valence-corrected chi connectivity index (χ3v) is 4.62. The molecule has 0 fully saturated rings. The molecule has 1 aliphatic heterocycles. The highest BCUT2D eigenvalue weighted by molar-refractivity contribution is 5.27. The van der Waals surface area contributed by atoms with Gasteiger partial charge in [-0.05, 0) is 18.4 Å². The summed E-state index contributed by atoms with van der Waals surface area (Å²) < 4.78 is 2.80. The summed E-state index contributed by atoms with van der Waals surface area (Å²) in [6, 6.07) is 0. The van der Waals surface area contributed by atoms with Crippen LogP contribution in [0.15, 0.2) is 33.4 Å². The fourth-order valence-corrected chi connectivity index (χ4v) is 2.96. The molecule has 0 bridgehead atoms. The van der Waals surface area contributed by atoms with Crippen LogP contribution in [-0.2, 0) is 27.2 Å². The number of hydrogen-bond acceptors (Lipinski definition) is 3. The number of nitrogens with zero attached hydrogens (tertiary/aromatic N) is 3. The minimum atomic E-state index is -0.243. The van der Waals surface area contributed by atoms with Gasteiger partial charge in [-0.25, -0.2) is 4.79 Å². The zero-order chi connectivity index (χ0) is 17.7. The van der Waals surface area contributed by atoms with Crippen LogP contribution in [0.3, 0.4) is 0 Å². The zero-order valence-electron chi connectivity index (χ0n) is 15.3. The van der Waals surface area contributed by atoms with Gasteiger partial charge in [0, 0.05) is 39.4 Å². The molecule has 3 rings (SSSR count). The largest absolute Gasteiger partial charge is 0.330 e. The molecule has 5 nitrogen and oxygen atoms in total. The Morgan fingerprint density at radius 3 is 2.29 bits per heavy atom. The smallest absolute Gasteiger partial charge is 0.299 e. The Morgan fingerprint density at radius 2 is 1.71 bits per heavy atom. The number of rotatable bonds is 3. The minimum absolute atomic E-state index is 0.154. The Kier molecular flexibility index (Phi) is 6.37. The maximum Gasteiger partial charge on any atom is 0.330 e. The summed E-state index contributed by atoms with van der Waals surface area (Å²) in [4.78, 5) is 26.3. The molecule has 1 aromatic rings. The first-order chi connectivity index (χ1) is 11.5. The van der Waals surface area contributed by atoms with Crippen LogP contribution < -0.4 is 11.2 Å². The molecule has 1 aliphatic carbocycles. The van der Waals surface area contributed by atoms with Crippen molar-refractivity contribution in [3.8, 4) is 0 Å². The molecule has 0 saturated heterocycles. The van der Waals surface area contributed by atoms with Crippen molar-refractivity contribution in [2.45, 2.75) is 52.6 Å². The van der Waals surface area contributed by atoms with E-state index in [9.17, 15) is 9.59 Å². The molecular weight excluding hydrogens is 302 g/mol. The van der Waals surface area contributed by atoms with Crippen molar-refractivity contribution in [1.82, 2.24) is 14.0 Å². The van der Waals surface area contributed by atoms with Gasteiger partial charge in [0.15, 0.2) is 0 Å². The summed E-state index contributed by atoms with van der Waals surface area (Å²) >= 11 is 0. The molecule has 0 unspecified atom stereocenters. The lowest BCUT2D eigenvalue weighted by molar-refractivity contribution is 0.307. The van der Waals surface area contributed by atoms with Crippen molar-refractivity contribution in [2.24, 2.45) is 14.1 Å². The molecule has 0 N–H and O–H groups in total. The van der Waals surface area contributed by atoms with Crippen molar-refractivity contribution in [3.05, 3.63) is 55.9 Å². The SMILES string of the molecule is CCCC.Cn1c2c(c(=O)n(C)c1=O)CN(CC1=CCCC=C1)C2. The quantitative estimate of drug-likeness (QED) is 0.855. The van der Waals surface area contributed by atoms with E-state index in [1.54, 1.807) is 18.7 Å². The van der Waals surface area contributed by atoms with Gasteiger partial charge in [0.1, 0.15) is 0 Å². The van der Waals surface area contributed by atoms with Gasteiger partial charge < -0.3 is 0 Å². The number of fused-ring (bicyclic) bond motifs is 1. The molecule has 2 aliphatic rings. The predicted octanol–water partition coefficient (Wildman–Crippen LogP) is 2.48. The first-order valence-electron chi connectivity index (χ1n) is 8.85. The lowest BCUT2D eigenvalue weighted by Gasteiger charge is -2.16. The average molecular weight is 331 g/mol. The Hall–Kier alpha value is -1.88. The van der Waals surface area contributed by atoms with Gasteiger partial charge >= 0.3 is 5.69 Å². The molecule has 0 amide bonds. The highest BCUT2D eigenvalue weighted by Crippen LogP contribution is 2.20. The van der Waals surface area contributed by atoms with Gasteiger partial charge in [0.2, 0.25) is 0 Å². The average Bonchev–Trinajstić information content (AvgIpc) is 3.03. The normalized spacial score (nSPS) is 16.4. The molecule has 2 heterocycles. The fraction of sp³-hybridized carbons (Fsp3) is 0.579. The van der Waals surface area contributed by atoms with Crippen LogP contribution >= 0.6 is 0 Å². The van der Waals surface area contributed by atoms with E-state index in [0.29, 0.717) is 13.1 Å². The van der Waals surface area contributed by atoms with Crippen molar-refractivity contribution in [3.63, 3.8) is 0 Å². The summed E-state index contributed by atoms with van der Waals surface area (Å²) in [5.41, 5.74) is 2.52. The summed E-state index contributed by atoms with van der Waals surface area (Å²) in [6.07, 6.45) is 11.4. The minimum Gasteiger partial charge on any atom is -0.299 e. The Labute approximate surface area is 143 Å². The molecule has 24 heavy (non-hydrogen) atoms. The highest BCUT2D eigenvalue weighted by Gasteiger charge is 2.26. The maximum atomic E-state index is 12.2. The second-order valence-corrected chi connectivity index (χ2v) is 6.53. The van der Waals surface area contributed by atoms with Crippen LogP contribution in [0.4, 0.5) is 0 Å². The van der Waals surface area contributed by atoms with Crippen LogP contribution in [-0.4, -0.2) is 20.6 Å². The first-order valence-corrected chi connectivity index (χ1v) is 8.85. The van der Waals surface area contributed by atoms with Gasteiger partial charge in [-0.3, -0.25) is 18.8 Å². The van der Waals surface area contributed by atoms with E-state index in [2.05, 4.69) is 37.0 Å². The van der Waals surface area contributed by atoms with Gasteiger partial charge in [0.05, 0.1) is 5.56 Å². The van der Waals surface area contributed by atoms with Gasteiger partial charge in [-0.15, -0.1) is 0 Å². The summed E-state index contributed by atoms with van der Waals surface area (Å²) in [7, 11) is 3.28. The summed E-state index contributed by atoms with van der Waals surface area (Å²) in [6.45, 7) is 6.49. The maximum absolute atomic E-state index is 12.2. The Balaban J connectivity index is 0.000000471. The van der Waals surface area contributed by atoms with E-state index >= 15 is 0 Å². The van der Waals surface area contributed by atoms with E-state index < -0.39 is 0 Å². The third-order valence-electron chi connectivity index (χ3n) is 4.62. The lowest BCUT2D eigenvalue weighted by Crippen LogP contribution is -2.39. The highest BCUT2D eigenvalue weighted by atomic mass is 16.2. The van der Waals surface area contributed by atoms with E-state index in [-0.39, 0.29) is 11.2 Å². The van der Waals surface area contributed by atoms with E-state index in [4.69, 9.17) is 0 Å². The Bertz CT molecular complexity index is 751. The standard InChI is InChI=1S/C15H19N3O2.C4H10/c1-16-13-10-18(8-11-6-4-3-5-7-11)9-12(13)14(19)17(2)15(16)20;1-3-4-2/h4,6-7H,3,5,8-10H2,1-2H3;3-4H2,1-2H3. The number of hydrogen-bond donors (Lipinski definition) is 0. The van der Waals surface area contributed by atoms with Crippen LogP contribution in [0.2, 0.25) is 0 Å². The number of aromatic nitrogens is 2. The van der Waals surface area contributed by atoms with Gasteiger partial charge in [-0.2, -0.15) is 0 Å². The second kappa shape index (κ2) is 8.29. The van der Waals surface area contributed by atoms with Crippen molar-refractivity contribution in [1.29, 1.82) is 0 Å². The molecule has 5 heteroatoms. The molecule has 0 saturated carbocycles. The number of unbranched alkanes of at least 4 members (excludes halogenated alkanes) is 1. The number of allylic oxidation sites excluding steroid dienone is 2. The van der Waals surface area contributed by atoms with Gasteiger partial charge in [0.25, 0.3) is 5.56 Å². The van der Waals surface area contributed by atoms with Crippen LogP contribution in [0, 0.1) is 0 Å². The van der Waals surface area contributed by atoms with Crippen LogP contribution in [0.5, 0.6) is 0 Å². The van der Waals surface area contributed by atoms with E-state index in [1.165, 1.54) is 23.0 Å². The van der Waals surface area contributed by atoms with Crippen LogP contribution in [0.25, 0.3) is 0 Å². The molecule has 0 atom stereocenters. The second-order valence-electron chi connectivity index (χ2n) is 6.53. The fourth-order valence-electron chi connectivity index (χ4n) is 2.96. The molecule has 0 aromatic carbocycles. The first kappa shape index (κ1) is 18.5. The van der Waals surface area contributed by atoms with Crippen molar-refractivity contribution < 1.29 is 0 Å². The molecular formula is C19H29N3O2. The van der Waals surface area contributed by atoms with Gasteiger partial charge in [-0.1, -0.05) is 44.9 Å². The van der Waals surface area contributed by atoms with E-state index in [1.807, 2.05) is 0 Å². The molecule has 132 valence electrons. The van der Waals surface area contributed by atoms with Crippen LogP contribution in [0.1, 0.15) is 50.8 Å². The summed E-state index contributed by atoms with van der Waals surface area (Å²) in [5, 5.41) is 0. The molecule has 1 aromatic heterocycles. The summed E-state index contributed by atoms with van der Waals surface area (Å²) in [5.74, 6) is 0. The predicted molar refractivity (Wildman–Crippen MR) is 98.1 cm³/mol. The zero-order valence-corrected chi connectivity index (χ0v) is 15.3. The molecule has 0 spiro atoms. The van der Waals surface area contributed by atoms with Crippen molar-refractivity contribution in [2.75, 3.05) is 6.54 Å². The monoisotopic (exact) mass is 331 g/mol. The topological polar surface area (TPSA) is 47.2 Å². The third kappa shape index (κ3) is 3.96. The molecule has 0 radical (unpaired) electrons. The van der Waals surface area contributed by atoms with E-state index in [0.717, 1.165) is 30.6 Å². The lowest BCUT2D eigenvalue weighted by atomic mass is 10.1.